The summed E-state index contributed by atoms with van der Waals surface area (Å²) in [4.78, 5) is 20.1. The molecule has 1 aromatic heterocycles. The van der Waals surface area contributed by atoms with Gasteiger partial charge in [-0.2, -0.15) is 0 Å². The van der Waals surface area contributed by atoms with Crippen LogP contribution >= 0.6 is 11.8 Å². The van der Waals surface area contributed by atoms with Crippen molar-refractivity contribution in [2.75, 3.05) is 5.32 Å². The minimum Gasteiger partial charge on any atom is -0.478 e. The molecule has 20 heavy (non-hydrogen) atoms. The summed E-state index contributed by atoms with van der Waals surface area (Å²) < 4.78 is 0. The number of nitrogens with zero attached hydrogens (tertiary/aromatic N) is 2. The zero-order valence-electron chi connectivity index (χ0n) is 11.2. The molecule has 0 unspecified atom stereocenters. The topological polar surface area (TPSA) is 75.1 Å². The van der Waals surface area contributed by atoms with E-state index < -0.39 is 5.97 Å². The van der Waals surface area contributed by atoms with Gasteiger partial charge < -0.3 is 10.4 Å². The number of hydrogen-bond donors (Lipinski definition) is 2. The molecule has 0 atom stereocenters. The molecule has 0 aliphatic heterocycles. The van der Waals surface area contributed by atoms with E-state index in [4.69, 9.17) is 5.11 Å². The first-order valence-electron chi connectivity index (χ1n) is 6.14. The number of carboxylic acids is 1. The largest absolute Gasteiger partial charge is 0.478 e. The predicted molar refractivity (Wildman–Crippen MR) is 78.3 cm³/mol. The van der Waals surface area contributed by atoms with Crippen LogP contribution in [0.4, 0.5) is 5.82 Å². The average Bonchev–Trinajstić information content (AvgIpc) is 2.38. The van der Waals surface area contributed by atoms with Crippen molar-refractivity contribution in [2.24, 2.45) is 0 Å². The van der Waals surface area contributed by atoms with E-state index in [1.807, 2.05) is 26.0 Å². The minimum absolute atomic E-state index is 0.268. The van der Waals surface area contributed by atoms with Crippen LogP contribution in [0, 0.1) is 0 Å². The van der Waals surface area contributed by atoms with Gasteiger partial charge in [0.2, 0.25) is 0 Å². The number of aromatic carboxylic acids is 1. The lowest BCUT2D eigenvalue weighted by molar-refractivity contribution is 0.0696. The summed E-state index contributed by atoms with van der Waals surface area (Å²) in [6.07, 6.45) is 1.49. The Morgan fingerprint density at radius 2 is 2.10 bits per heavy atom. The molecule has 0 saturated heterocycles. The van der Waals surface area contributed by atoms with E-state index in [2.05, 4.69) is 15.3 Å². The summed E-state index contributed by atoms with van der Waals surface area (Å²) in [5.41, 5.74) is 0.268. The number of hydrogen-bond acceptors (Lipinski definition) is 5. The molecular formula is C14H15N3O2S. The van der Waals surface area contributed by atoms with Gasteiger partial charge >= 0.3 is 5.97 Å². The van der Waals surface area contributed by atoms with Crippen LogP contribution < -0.4 is 5.32 Å². The maximum atomic E-state index is 10.9. The van der Waals surface area contributed by atoms with Crippen molar-refractivity contribution >= 4 is 23.5 Å². The Balaban J connectivity index is 2.17. The molecule has 5 nitrogen and oxygen atoms in total. The lowest BCUT2D eigenvalue weighted by Crippen LogP contribution is -2.11. The van der Waals surface area contributed by atoms with Gasteiger partial charge in [-0.25, -0.2) is 14.8 Å². The first-order valence-corrected chi connectivity index (χ1v) is 6.96. The standard InChI is InChI=1S/C14H15N3O2S/c1-9(2)17-12-7-13(16-8-15-12)20-11-5-3-4-10(6-11)14(18)19/h3-9H,1-2H3,(H,18,19)(H,15,16,17). The van der Waals surface area contributed by atoms with Gasteiger partial charge in [-0.15, -0.1) is 0 Å². The van der Waals surface area contributed by atoms with Gasteiger partial charge in [0.1, 0.15) is 17.2 Å². The molecule has 2 rings (SSSR count). The minimum atomic E-state index is -0.933. The molecule has 0 aliphatic carbocycles. The maximum absolute atomic E-state index is 10.9. The fraction of sp³-hybridized carbons (Fsp3) is 0.214. The number of carboxylic acid groups (broad SMARTS) is 1. The summed E-state index contributed by atoms with van der Waals surface area (Å²) >= 11 is 1.41. The van der Waals surface area contributed by atoms with Gasteiger partial charge in [-0.05, 0) is 32.0 Å². The zero-order chi connectivity index (χ0) is 14.5. The van der Waals surface area contributed by atoms with Crippen molar-refractivity contribution in [2.45, 2.75) is 29.8 Å². The molecule has 0 fully saturated rings. The van der Waals surface area contributed by atoms with Crippen LogP contribution in [0.1, 0.15) is 24.2 Å². The third kappa shape index (κ3) is 3.96. The highest BCUT2D eigenvalue weighted by atomic mass is 32.2. The van der Waals surface area contributed by atoms with Crippen LogP contribution in [0.15, 0.2) is 46.6 Å². The summed E-state index contributed by atoms with van der Waals surface area (Å²) in [6, 6.07) is 8.91. The summed E-state index contributed by atoms with van der Waals surface area (Å²) in [7, 11) is 0. The van der Waals surface area contributed by atoms with E-state index in [1.165, 1.54) is 18.1 Å². The second-order valence-corrected chi connectivity index (χ2v) is 5.57. The van der Waals surface area contributed by atoms with Gasteiger partial charge in [0.25, 0.3) is 0 Å². The Kier molecular flexibility index (Phi) is 4.57. The third-order valence-corrected chi connectivity index (χ3v) is 3.30. The normalized spacial score (nSPS) is 10.6. The SMILES string of the molecule is CC(C)Nc1cc(Sc2cccc(C(=O)O)c2)ncn1. The molecular weight excluding hydrogens is 274 g/mol. The Bertz CT molecular complexity index is 617. The monoisotopic (exact) mass is 289 g/mol. The Labute approximate surface area is 121 Å². The first-order chi connectivity index (χ1) is 9.54. The van der Waals surface area contributed by atoms with E-state index in [0.717, 1.165) is 15.7 Å². The molecule has 1 heterocycles. The lowest BCUT2D eigenvalue weighted by Gasteiger charge is -2.09. The fourth-order valence-electron chi connectivity index (χ4n) is 1.58. The van der Waals surface area contributed by atoms with Crippen molar-refractivity contribution in [1.29, 1.82) is 0 Å². The van der Waals surface area contributed by atoms with Crippen molar-refractivity contribution < 1.29 is 9.90 Å². The molecule has 0 aliphatic rings. The molecule has 6 heteroatoms. The maximum Gasteiger partial charge on any atom is 0.335 e. The van der Waals surface area contributed by atoms with Gasteiger partial charge in [0.15, 0.2) is 0 Å². The average molecular weight is 289 g/mol. The molecule has 0 saturated carbocycles. The van der Waals surface area contributed by atoms with E-state index in [1.54, 1.807) is 18.2 Å². The quantitative estimate of drug-likeness (QED) is 0.824. The molecule has 0 bridgehead atoms. The second kappa shape index (κ2) is 6.38. The summed E-state index contributed by atoms with van der Waals surface area (Å²) in [6.45, 7) is 4.07. The van der Waals surface area contributed by atoms with Crippen molar-refractivity contribution in [1.82, 2.24) is 9.97 Å². The van der Waals surface area contributed by atoms with E-state index >= 15 is 0 Å². The van der Waals surface area contributed by atoms with Crippen molar-refractivity contribution in [3.05, 3.63) is 42.2 Å². The molecule has 2 aromatic rings. The lowest BCUT2D eigenvalue weighted by atomic mass is 10.2. The number of nitrogens with one attached hydrogen (secondary N) is 1. The van der Waals surface area contributed by atoms with Gasteiger partial charge in [-0.3, -0.25) is 0 Å². The second-order valence-electron chi connectivity index (χ2n) is 4.48. The Hall–Kier alpha value is -2.08. The number of aromatic nitrogens is 2. The van der Waals surface area contributed by atoms with Crippen molar-refractivity contribution in [3.8, 4) is 0 Å². The molecule has 0 spiro atoms. The Morgan fingerprint density at radius 1 is 1.30 bits per heavy atom. The van der Waals surface area contributed by atoms with Gasteiger partial charge in [0.05, 0.1) is 5.56 Å². The molecule has 1 aromatic carbocycles. The van der Waals surface area contributed by atoms with Crippen LogP contribution in [0.2, 0.25) is 0 Å². The summed E-state index contributed by atoms with van der Waals surface area (Å²) in [5, 5.41) is 12.9. The molecule has 0 amide bonds. The molecule has 104 valence electrons. The number of benzene rings is 1. The highest BCUT2D eigenvalue weighted by molar-refractivity contribution is 7.99. The van der Waals surface area contributed by atoms with E-state index in [9.17, 15) is 4.79 Å². The predicted octanol–water partition coefficient (Wildman–Crippen LogP) is 3.15. The highest BCUT2D eigenvalue weighted by Crippen LogP contribution is 2.27. The molecule has 2 N–H and O–H groups in total. The van der Waals surface area contributed by atoms with Crippen molar-refractivity contribution in [3.63, 3.8) is 0 Å². The van der Waals surface area contributed by atoms with Crippen LogP contribution in [0.3, 0.4) is 0 Å². The van der Waals surface area contributed by atoms with Crippen LogP contribution in [0.5, 0.6) is 0 Å². The van der Waals surface area contributed by atoms with Crippen LogP contribution in [-0.4, -0.2) is 27.1 Å². The summed E-state index contributed by atoms with van der Waals surface area (Å²) in [5.74, 6) is -0.177. The number of rotatable bonds is 5. The smallest absolute Gasteiger partial charge is 0.335 e. The van der Waals surface area contributed by atoms with Gasteiger partial charge in [0, 0.05) is 17.0 Å². The first kappa shape index (κ1) is 14.3. The number of anilines is 1. The van der Waals surface area contributed by atoms with Crippen LogP contribution in [0.25, 0.3) is 0 Å². The van der Waals surface area contributed by atoms with E-state index in [0.29, 0.717) is 0 Å². The third-order valence-electron chi connectivity index (χ3n) is 2.38. The zero-order valence-corrected chi connectivity index (χ0v) is 12.0. The Morgan fingerprint density at radius 3 is 2.80 bits per heavy atom. The van der Waals surface area contributed by atoms with Crippen LogP contribution in [-0.2, 0) is 0 Å². The van der Waals surface area contributed by atoms with E-state index in [-0.39, 0.29) is 11.6 Å². The molecule has 0 radical (unpaired) electrons. The fourth-order valence-corrected chi connectivity index (χ4v) is 2.43. The number of carbonyl (C=O) groups is 1. The van der Waals surface area contributed by atoms with Gasteiger partial charge in [-0.1, -0.05) is 17.8 Å². The highest BCUT2D eigenvalue weighted by Gasteiger charge is 2.06.